The van der Waals surface area contributed by atoms with E-state index in [0.29, 0.717) is 18.1 Å². The Morgan fingerprint density at radius 3 is 2.75 bits per heavy atom. The number of primary amides is 1. The van der Waals surface area contributed by atoms with E-state index in [0.717, 1.165) is 17.6 Å². The van der Waals surface area contributed by atoms with Crippen molar-refractivity contribution in [1.29, 1.82) is 0 Å². The number of hydrazine groups is 1. The second kappa shape index (κ2) is 7.02. The van der Waals surface area contributed by atoms with E-state index in [1.165, 1.54) is 0 Å². The maximum Gasteiger partial charge on any atom is 0.248 e. The van der Waals surface area contributed by atoms with Crippen LogP contribution in [0.4, 0.5) is 5.95 Å². The minimum Gasteiger partial charge on any atom is -0.366 e. The molecule has 130 valence electrons. The van der Waals surface area contributed by atoms with Crippen LogP contribution in [-0.2, 0) is 6.54 Å². The lowest BCUT2D eigenvalue weighted by atomic mass is 10.2. The van der Waals surface area contributed by atoms with Gasteiger partial charge in [-0.15, -0.1) is 6.58 Å². The minimum absolute atomic E-state index is 0.365. The predicted octanol–water partition coefficient (Wildman–Crippen LogP) is 1.93. The number of aromatic nitrogens is 2. The molecule has 0 aliphatic rings. The van der Waals surface area contributed by atoms with Gasteiger partial charge in [0.2, 0.25) is 11.9 Å². The number of carbonyl (C=O) groups is 1. The number of allylic oxidation sites excluding steroid dienone is 1. The summed E-state index contributed by atoms with van der Waals surface area (Å²) in [6.07, 6.45) is 1.82. The lowest BCUT2D eigenvalue weighted by Gasteiger charge is -2.38. The van der Waals surface area contributed by atoms with Gasteiger partial charge in [-0.3, -0.25) is 10.2 Å². The monoisotopic (exact) mass is 330 g/mol. The number of hydrogen-bond donors (Lipinski definition) is 3. The number of anilines is 1. The fourth-order valence-electron chi connectivity index (χ4n) is 2.87. The van der Waals surface area contributed by atoms with Crippen LogP contribution in [0, 0.1) is 0 Å². The zero-order valence-electron chi connectivity index (χ0n) is 14.8. The molecule has 4 N–H and O–H groups in total. The van der Waals surface area contributed by atoms with Crippen molar-refractivity contribution in [3.63, 3.8) is 0 Å². The Hall–Kier alpha value is -2.38. The van der Waals surface area contributed by atoms with Crippen LogP contribution >= 0.6 is 0 Å². The molecular formula is C17H26N6O. The van der Waals surface area contributed by atoms with Crippen molar-refractivity contribution in [2.45, 2.75) is 33.0 Å². The number of hydrogen-bond acceptors (Lipinski definition) is 5. The molecular weight excluding hydrogens is 304 g/mol. The second-order valence-electron chi connectivity index (χ2n) is 6.05. The first kappa shape index (κ1) is 18.0. The van der Waals surface area contributed by atoms with Crippen LogP contribution in [0.3, 0.4) is 0 Å². The highest BCUT2D eigenvalue weighted by Crippen LogP contribution is 2.24. The van der Waals surface area contributed by atoms with E-state index in [9.17, 15) is 4.79 Å². The SMILES string of the molecule is C=CCn1c(NC(C)(C)N(CC)NC)nc2cc(C(N)=O)ccc21. The molecule has 1 aromatic carbocycles. The van der Waals surface area contributed by atoms with E-state index in [4.69, 9.17) is 5.73 Å². The van der Waals surface area contributed by atoms with Crippen LogP contribution in [0.2, 0.25) is 0 Å². The highest BCUT2D eigenvalue weighted by atomic mass is 16.1. The third-order valence-corrected chi connectivity index (χ3v) is 4.02. The lowest BCUT2D eigenvalue weighted by Crippen LogP contribution is -2.55. The van der Waals surface area contributed by atoms with Gasteiger partial charge < -0.3 is 15.6 Å². The van der Waals surface area contributed by atoms with Gasteiger partial charge in [0.05, 0.1) is 11.0 Å². The summed E-state index contributed by atoms with van der Waals surface area (Å²) in [6.45, 7) is 11.5. The van der Waals surface area contributed by atoms with E-state index in [-0.39, 0.29) is 5.66 Å². The Bertz CT molecular complexity index is 745. The van der Waals surface area contributed by atoms with Crippen LogP contribution in [-0.4, -0.2) is 39.7 Å². The van der Waals surface area contributed by atoms with E-state index < -0.39 is 5.91 Å². The van der Waals surface area contributed by atoms with Gasteiger partial charge in [-0.1, -0.05) is 13.0 Å². The molecule has 0 fully saturated rings. The van der Waals surface area contributed by atoms with Crippen molar-refractivity contribution in [2.75, 3.05) is 18.9 Å². The quantitative estimate of drug-likeness (QED) is 0.391. The summed E-state index contributed by atoms with van der Waals surface area (Å²) < 4.78 is 2.03. The van der Waals surface area contributed by atoms with Crippen molar-refractivity contribution in [3.8, 4) is 0 Å². The molecule has 7 heteroatoms. The fraction of sp³-hybridized carbons (Fsp3) is 0.412. The Kier molecular flexibility index (Phi) is 5.26. The van der Waals surface area contributed by atoms with Gasteiger partial charge in [-0.2, -0.15) is 0 Å². The molecule has 0 atom stereocenters. The van der Waals surface area contributed by atoms with Gasteiger partial charge in [0.25, 0.3) is 0 Å². The summed E-state index contributed by atoms with van der Waals surface area (Å²) in [7, 11) is 1.89. The van der Waals surface area contributed by atoms with Crippen molar-refractivity contribution < 1.29 is 4.79 Å². The molecule has 0 bridgehead atoms. The number of rotatable bonds is 8. The number of amides is 1. The average Bonchev–Trinajstić information content (AvgIpc) is 2.84. The third kappa shape index (κ3) is 3.42. The summed E-state index contributed by atoms with van der Waals surface area (Å²) in [5.41, 5.74) is 10.3. The molecule has 0 unspecified atom stereocenters. The van der Waals surface area contributed by atoms with Gasteiger partial charge in [-0.05, 0) is 39.1 Å². The van der Waals surface area contributed by atoms with Crippen LogP contribution in [0.25, 0.3) is 11.0 Å². The summed E-state index contributed by atoms with van der Waals surface area (Å²) >= 11 is 0. The molecule has 0 spiro atoms. The standard InChI is InChI=1S/C17H26N6O/c1-6-10-22-14-9-8-12(15(18)24)11-13(14)20-16(22)21-17(3,4)23(7-2)19-5/h6,8-9,11,19H,1,7,10H2,2-5H3,(H2,18,24)(H,20,21). The molecule has 2 aromatic rings. The number of carbonyl (C=O) groups excluding carboxylic acids is 1. The molecule has 0 saturated heterocycles. The van der Waals surface area contributed by atoms with Crippen LogP contribution < -0.4 is 16.5 Å². The molecule has 0 aliphatic heterocycles. The number of fused-ring (bicyclic) bond motifs is 1. The van der Waals surface area contributed by atoms with Crippen molar-refractivity contribution in [1.82, 2.24) is 20.0 Å². The highest BCUT2D eigenvalue weighted by Gasteiger charge is 2.26. The molecule has 7 nitrogen and oxygen atoms in total. The summed E-state index contributed by atoms with van der Waals surface area (Å²) in [6, 6.07) is 5.29. The minimum atomic E-state index is -0.461. The van der Waals surface area contributed by atoms with Crippen molar-refractivity contribution >= 4 is 22.9 Å². The summed E-state index contributed by atoms with van der Waals surface area (Å²) in [4.78, 5) is 16.1. The number of nitrogens with one attached hydrogen (secondary N) is 2. The third-order valence-electron chi connectivity index (χ3n) is 4.02. The first-order valence-corrected chi connectivity index (χ1v) is 7.98. The van der Waals surface area contributed by atoms with Crippen molar-refractivity contribution in [3.05, 3.63) is 36.4 Å². The number of nitrogens with two attached hydrogens (primary N) is 1. The van der Waals surface area contributed by atoms with E-state index in [2.05, 4.69) is 48.1 Å². The number of benzene rings is 1. The van der Waals surface area contributed by atoms with Gasteiger partial charge in [0.1, 0.15) is 5.66 Å². The molecule has 1 amide bonds. The molecule has 0 radical (unpaired) electrons. The van der Waals surface area contributed by atoms with E-state index in [1.807, 2.05) is 23.8 Å². The smallest absolute Gasteiger partial charge is 0.248 e. The maximum atomic E-state index is 11.4. The normalized spacial score (nSPS) is 11.9. The molecule has 1 aromatic heterocycles. The van der Waals surface area contributed by atoms with Crippen LogP contribution in [0.1, 0.15) is 31.1 Å². The topological polar surface area (TPSA) is 88.2 Å². The highest BCUT2D eigenvalue weighted by molar-refractivity contribution is 5.96. The Labute approximate surface area is 142 Å². The Morgan fingerprint density at radius 2 is 2.21 bits per heavy atom. The zero-order valence-corrected chi connectivity index (χ0v) is 14.8. The van der Waals surface area contributed by atoms with Gasteiger partial charge in [0.15, 0.2) is 0 Å². The Morgan fingerprint density at radius 1 is 1.50 bits per heavy atom. The predicted molar refractivity (Wildman–Crippen MR) is 97.6 cm³/mol. The zero-order chi connectivity index (χ0) is 17.9. The Balaban J connectivity index is 2.50. The fourth-order valence-corrected chi connectivity index (χ4v) is 2.87. The summed E-state index contributed by atoms with van der Waals surface area (Å²) in [5.74, 6) is 0.252. The summed E-state index contributed by atoms with van der Waals surface area (Å²) in [5, 5.41) is 5.53. The molecule has 0 saturated carbocycles. The first-order valence-electron chi connectivity index (χ1n) is 7.98. The lowest BCUT2D eigenvalue weighted by molar-refractivity contribution is 0.0987. The van der Waals surface area contributed by atoms with Gasteiger partial charge in [0, 0.05) is 18.7 Å². The second-order valence-corrected chi connectivity index (χ2v) is 6.05. The van der Waals surface area contributed by atoms with Gasteiger partial charge >= 0.3 is 0 Å². The number of imidazole rings is 1. The van der Waals surface area contributed by atoms with E-state index >= 15 is 0 Å². The number of nitrogens with zero attached hydrogens (tertiary/aromatic N) is 3. The largest absolute Gasteiger partial charge is 0.366 e. The van der Waals surface area contributed by atoms with E-state index in [1.54, 1.807) is 12.1 Å². The molecule has 1 heterocycles. The maximum absolute atomic E-state index is 11.4. The van der Waals surface area contributed by atoms with Gasteiger partial charge in [-0.25, -0.2) is 9.99 Å². The molecule has 24 heavy (non-hydrogen) atoms. The average molecular weight is 330 g/mol. The van der Waals surface area contributed by atoms with Crippen LogP contribution in [0.15, 0.2) is 30.9 Å². The van der Waals surface area contributed by atoms with Crippen LogP contribution in [0.5, 0.6) is 0 Å². The molecule has 2 rings (SSSR count). The molecule has 0 aliphatic carbocycles. The van der Waals surface area contributed by atoms with Crippen molar-refractivity contribution in [2.24, 2.45) is 5.73 Å². The first-order chi connectivity index (χ1) is 11.3.